The van der Waals surface area contributed by atoms with Crippen molar-refractivity contribution in [3.05, 3.63) is 74.6 Å². The van der Waals surface area contributed by atoms with Crippen molar-refractivity contribution in [1.82, 2.24) is 19.9 Å². The number of fused-ring (bicyclic) bond motifs is 4. The van der Waals surface area contributed by atoms with Gasteiger partial charge in [0, 0.05) is 29.9 Å². The van der Waals surface area contributed by atoms with E-state index >= 15 is 0 Å². The van der Waals surface area contributed by atoms with Gasteiger partial charge in [0.25, 0.3) is 11.5 Å². The van der Waals surface area contributed by atoms with E-state index in [0.29, 0.717) is 16.8 Å². The lowest BCUT2D eigenvalue weighted by Crippen LogP contribution is -2.37. The summed E-state index contributed by atoms with van der Waals surface area (Å²) in [5, 5.41) is 1.22. The predicted molar refractivity (Wildman–Crippen MR) is 110 cm³/mol. The zero-order chi connectivity index (χ0) is 21.9. The second kappa shape index (κ2) is 7.14. The van der Waals surface area contributed by atoms with Crippen LogP contribution in [-0.4, -0.2) is 39.4 Å². The number of likely N-dealkylation sites (N-methyl/N-ethyl adjacent to an activating group) is 1. The summed E-state index contributed by atoms with van der Waals surface area (Å²) in [4.78, 5) is 36.7. The molecule has 0 spiro atoms. The standard InChI is InChI=1S/C21H15ClF2N4O3/c1-28(21(30)14-4-9-2-3-25-19(22)18(9)26-14)16-8-31-7-15-17(16)10-5-12(23)13(24)6-11(10)20(29)27-15/h2-6,16,26H,7-8H2,1H3,(H,27,29)/t16-/m1/s1. The van der Waals surface area contributed by atoms with Crippen LogP contribution in [0.15, 0.2) is 35.3 Å². The Morgan fingerprint density at radius 3 is 2.71 bits per heavy atom. The van der Waals surface area contributed by atoms with Crippen molar-refractivity contribution in [3.63, 3.8) is 0 Å². The molecule has 5 rings (SSSR count). The van der Waals surface area contributed by atoms with E-state index in [1.54, 1.807) is 19.2 Å². The largest absolute Gasteiger partial charge is 0.373 e. The zero-order valence-electron chi connectivity index (χ0n) is 16.1. The van der Waals surface area contributed by atoms with Gasteiger partial charge in [-0.1, -0.05) is 11.6 Å². The topological polar surface area (TPSA) is 91.1 Å². The monoisotopic (exact) mass is 444 g/mol. The van der Waals surface area contributed by atoms with E-state index in [9.17, 15) is 18.4 Å². The lowest BCUT2D eigenvalue weighted by molar-refractivity contribution is 0.0333. The van der Waals surface area contributed by atoms with E-state index in [0.717, 1.165) is 17.5 Å². The molecule has 31 heavy (non-hydrogen) atoms. The van der Waals surface area contributed by atoms with Crippen molar-refractivity contribution >= 4 is 39.2 Å². The van der Waals surface area contributed by atoms with Gasteiger partial charge in [0.2, 0.25) is 0 Å². The lowest BCUT2D eigenvalue weighted by atomic mass is 9.95. The Morgan fingerprint density at radius 2 is 1.97 bits per heavy atom. The smallest absolute Gasteiger partial charge is 0.270 e. The summed E-state index contributed by atoms with van der Waals surface area (Å²) >= 11 is 6.09. The van der Waals surface area contributed by atoms with Crippen LogP contribution in [0.1, 0.15) is 27.8 Å². The highest BCUT2D eigenvalue weighted by Gasteiger charge is 2.32. The highest BCUT2D eigenvalue weighted by Crippen LogP contribution is 2.34. The molecule has 1 aliphatic rings. The van der Waals surface area contributed by atoms with Gasteiger partial charge in [-0.15, -0.1) is 0 Å². The van der Waals surface area contributed by atoms with Gasteiger partial charge in [-0.25, -0.2) is 13.8 Å². The number of carbonyl (C=O) groups is 1. The number of nitrogens with zero attached hydrogens (tertiary/aromatic N) is 2. The quantitative estimate of drug-likeness (QED) is 0.461. The summed E-state index contributed by atoms with van der Waals surface area (Å²) in [5.41, 5.74) is 1.21. The maximum absolute atomic E-state index is 14.0. The third kappa shape index (κ3) is 3.08. The van der Waals surface area contributed by atoms with Crippen molar-refractivity contribution in [2.24, 2.45) is 0 Å². The van der Waals surface area contributed by atoms with Crippen LogP contribution in [0.2, 0.25) is 5.15 Å². The number of rotatable bonds is 2. The molecule has 1 amide bonds. The number of amides is 1. The number of ether oxygens (including phenoxy) is 1. The van der Waals surface area contributed by atoms with Crippen LogP contribution in [0.3, 0.4) is 0 Å². The fourth-order valence-corrected chi connectivity index (χ4v) is 4.23. The van der Waals surface area contributed by atoms with Crippen LogP contribution >= 0.6 is 11.6 Å². The van der Waals surface area contributed by atoms with E-state index in [2.05, 4.69) is 15.0 Å². The van der Waals surface area contributed by atoms with Crippen LogP contribution in [-0.2, 0) is 11.3 Å². The van der Waals surface area contributed by atoms with Crippen LogP contribution in [0.4, 0.5) is 8.78 Å². The van der Waals surface area contributed by atoms with Gasteiger partial charge >= 0.3 is 0 Å². The van der Waals surface area contributed by atoms with Gasteiger partial charge in [0.15, 0.2) is 16.8 Å². The van der Waals surface area contributed by atoms with Gasteiger partial charge in [-0.05, 0) is 29.7 Å². The van der Waals surface area contributed by atoms with Gasteiger partial charge < -0.3 is 19.6 Å². The normalized spacial score (nSPS) is 15.9. The molecule has 1 aromatic carbocycles. The molecule has 4 heterocycles. The molecule has 1 aliphatic heterocycles. The number of hydrogen-bond donors (Lipinski definition) is 2. The Morgan fingerprint density at radius 1 is 1.23 bits per heavy atom. The second-order valence-electron chi connectivity index (χ2n) is 7.35. The Kier molecular flexibility index (Phi) is 4.53. The Balaban J connectivity index is 1.62. The molecule has 4 aromatic rings. The number of pyridine rings is 2. The van der Waals surface area contributed by atoms with Gasteiger partial charge in [0.05, 0.1) is 30.2 Å². The lowest BCUT2D eigenvalue weighted by Gasteiger charge is -2.33. The maximum Gasteiger partial charge on any atom is 0.270 e. The fourth-order valence-electron chi connectivity index (χ4n) is 4.01. The minimum absolute atomic E-state index is 0.00821. The summed E-state index contributed by atoms with van der Waals surface area (Å²) in [5.74, 6) is -2.55. The van der Waals surface area contributed by atoms with Crippen molar-refractivity contribution in [1.29, 1.82) is 0 Å². The third-order valence-corrected chi connectivity index (χ3v) is 5.84. The Labute approximate surface area is 178 Å². The molecule has 10 heteroatoms. The molecule has 7 nitrogen and oxygen atoms in total. The second-order valence-corrected chi connectivity index (χ2v) is 7.71. The van der Waals surface area contributed by atoms with Crippen molar-refractivity contribution in [2.75, 3.05) is 13.7 Å². The van der Waals surface area contributed by atoms with Crippen molar-refractivity contribution in [2.45, 2.75) is 12.6 Å². The number of aromatic nitrogens is 3. The zero-order valence-corrected chi connectivity index (χ0v) is 16.9. The maximum atomic E-state index is 14.0. The number of benzene rings is 1. The van der Waals surface area contributed by atoms with Crippen LogP contribution in [0.5, 0.6) is 0 Å². The summed E-state index contributed by atoms with van der Waals surface area (Å²) in [7, 11) is 1.58. The molecule has 0 fully saturated rings. The number of nitrogens with one attached hydrogen (secondary N) is 2. The molecule has 0 aliphatic carbocycles. The van der Waals surface area contributed by atoms with Crippen LogP contribution < -0.4 is 5.56 Å². The van der Waals surface area contributed by atoms with Crippen molar-refractivity contribution < 1.29 is 18.3 Å². The van der Waals surface area contributed by atoms with Gasteiger partial charge in [-0.2, -0.15) is 0 Å². The molecule has 158 valence electrons. The third-order valence-electron chi connectivity index (χ3n) is 5.55. The average molecular weight is 445 g/mol. The summed E-state index contributed by atoms with van der Waals surface area (Å²) in [6.45, 7) is 0.212. The molecular weight excluding hydrogens is 430 g/mol. The number of hydrogen-bond acceptors (Lipinski definition) is 4. The predicted octanol–water partition coefficient (Wildman–Crippen LogP) is 3.68. The fraction of sp³-hybridized carbons (Fsp3) is 0.190. The Hall–Kier alpha value is -3.30. The number of aromatic amines is 2. The SMILES string of the molecule is CN(C(=O)c1cc2ccnc(Cl)c2[nH]1)[C@@H]1COCc2[nH]c(=O)c3cc(F)c(F)cc3c21. The van der Waals surface area contributed by atoms with Crippen molar-refractivity contribution in [3.8, 4) is 0 Å². The number of H-pyrrole nitrogens is 2. The van der Waals surface area contributed by atoms with Crippen LogP contribution in [0, 0.1) is 11.6 Å². The number of carbonyl (C=O) groups excluding carboxylic acids is 1. The average Bonchev–Trinajstić information content (AvgIpc) is 3.19. The van der Waals surface area contributed by atoms with E-state index in [-0.39, 0.29) is 40.7 Å². The molecule has 0 bridgehead atoms. The molecular formula is C21H15ClF2N4O3. The van der Waals surface area contributed by atoms with Crippen LogP contribution in [0.25, 0.3) is 21.7 Å². The highest BCUT2D eigenvalue weighted by atomic mass is 35.5. The summed E-state index contributed by atoms with van der Waals surface area (Å²) < 4.78 is 33.4. The first-order chi connectivity index (χ1) is 14.8. The molecule has 0 saturated carbocycles. The molecule has 1 atom stereocenters. The molecule has 0 unspecified atom stereocenters. The Bertz CT molecular complexity index is 1430. The summed E-state index contributed by atoms with van der Waals surface area (Å²) in [6.07, 6.45) is 1.54. The van der Waals surface area contributed by atoms with E-state index in [4.69, 9.17) is 16.3 Å². The minimum Gasteiger partial charge on any atom is -0.373 e. The number of halogens is 3. The molecule has 0 saturated heterocycles. The highest BCUT2D eigenvalue weighted by molar-refractivity contribution is 6.33. The van der Waals surface area contributed by atoms with Gasteiger partial charge in [0.1, 0.15) is 5.69 Å². The first kappa shape index (κ1) is 19.7. The van der Waals surface area contributed by atoms with E-state index < -0.39 is 23.2 Å². The molecule has 0 radical (unpaired) electrons. The summed E-state index contributed by atoms with van der Waals surface area (Å²) in [6, 6.07) is 4.60. The molecule has 2 N–H and O–H groups in total. The molecule has 3 aromatic heterocycles. The van der Waals surface area contributed by atoms with E-state index in [1.165, 1.54) is 11.1 Å². The van der Waals surface area contributed by atoms with E-state index in [1.807, 2.05) is 0 Å². The minimum atomic E-state index is -1.12. The first-order valence-corrected chi connectivity index (χ1v) is 9.75. The van der Waals surface area contributed by atoms with Gasteiger partial charge in [-0.3, -0.25) is 9.59 Å². The first-order valence-electron chi connectivity index (χ1n) is 9.37.